The summed E-state index contributed by atoms with van der Waals surface area (Å²) in [4.78, 5) is 6.66. The van der Waals surface area contributed by atoms with Crippen molar-refractivity contribution < 1.29 is 0 Å². The highest BCUT2D eigenvalue weighted by molar-refractivity contribution is 7.23. The molecule has 6 aromatic carbocycles. The molecule has 0 unspecified atom stereocenters. The van der Waals surface area contributed by atoms with Crippen LogP contribution in [0.4, 0.5) is 0 Å². The van der Waals surface area contributed by atoms with Crippen LogP contribution in [0.5, 0.6) is 0 Å². The van der Waals surface area contributed by atoms with Crippen molar-refractivity contribution in [3.05, 3.63) is 182 Å². The summed E-state index contributed by atoms with van der Waals surface area (Å²) < 4.78 is 3.69. The summed E-state index contributed by atoms with van der Waals surface area (Å²) in [6.07, 6.45) is 0. The molecule has 9 aromatic rings. The van der Waals surface area contributed by atoms with E-state index in [1.165, 1.54) is 48.3 Å². The van der Waals surface area contributed by atoms with Crippen LogP contribution in [-0.4, -0.2) is 9.55 Å². The van der Waals surface area contributed by atoms with Crippen LogP contribution >= 0.6 is 11.3 Å². The first-order chi connectivity index (χ1) is 23.8. The summed E-state index contributed by atoms with van der Waals surface area (Å²) >= 11 is 1.85. The second-order valence-electron chi connectivity index (χ2n) is 11.9. The van der Waals surface area contributed by atoms with Crippen molar-refractivity contribution in [3.63, 3.8) is 0 Å². The van der Waals surface area contributed by atoms with Gasteiger partial charge >= 0.3 is 0 Å². The molecule has 0 aliphatic rings. The third-order valence-electron chi connectivity index (χ3n) is 9.02. The Hall–Kier alpha value is -6.03. The second-order valence-corrected chi connectivity index (χ2v) is 13.0. The van der Waals surface area contributed by atoms with Crippen LogP contribution in [0.25, 0.3) is 82.0 Å². The Morgan fingerprint density at radius 1 is 0.417 bits per heavy atom. The lowest BCUT2D eigenvalue weighted by molar-refractivity contribution is 1.14. The molecule has 226 valence electrons. The zero-order valence-electron chi connectivity index (χ0n) is 26.1. The summed E-state index contributed by atoms with van der Waals surface area (Å²) in [6, 6.07) is 64.8. The molecular formula is C45H30N2S. The number of aromatic nitrogens is 2. The SMILES string of the molecule is c1ccc(-c2cc(-c3ccccc3)nc(-c3c(-c4c(-c5ccccc5)c5ccccc5n4-c4ccccc4)sc4ccccc34)c2)cc1. The zero-order chi connectivity index (χ0) is 31.9. The Bertz CT molecular complexity index is 2400. The van der Waals surface area contributed by atoms with Crippen LogP contribution < -0.4 is 0 Å². The van der Waals surface area contributed by atoms with Gasteiger partial charge in [-0.1, -0.05) is 146 Å². The normalized spacial score (nSPS) is 11.3. The molecule has 3 heterocycles. The topological polar surface area (TPSA) is 17.8 Å². The molecule has 3 aromatic heterocycles. The largest absolute Gasteiger partial charge is 0.308 e. The molecule has 48 heavy (non-hydrogen) atoms. The maximum Gasteiger partial charge on any atom is 0.0737 e. The Morgan fingerprint density at radius 2 is 0.958 bits per heavy atom. The number of pyridine rings is 1. The van der Waals surface area contributed by atoms with Gasteiger partial charge in [-0.25, -0.2) is 4.98 Å². The van der Waals surface area contributed by atoms with E-state index in [1.54, 1.807) is 0 Å². The first kappa shape index (κ1) is 28.2. The average molecular weight is 631 g/mol. The van der Waals surface area contributed by atoms with Gasteiger partial charge in [-0.05, 0) is 53.1 Å². The van der Waals surface area contributed by atoms with Crippen molar-refractivity contribution >= 4 is 32.3 Å². The predicted molar refractivity (Wildman–Crippen MR) is 204 cm³/mol. The van der Waals surface area contributed by atoms with E-state index < -0.39 is 0 Å². The van der Waals surface area contributed by atoms with Crippen molar-refractivity contribution in [1.29, 1.82) is 0 Å². The molecule has 9 rings (SSSR count). The molecule has 0 aliphatic heterocycles. The number of rotatable bonds is 6. The Labute approximate surface area is 283 Å². The summed E-state index contributed by atoms with van der Waals surface area (Å²) in [5, 5.41) is 2.43. The highest BCUT2D eigenvalue weighted by Crippen LogP contribution is 2.51. The van der Waals surface area contributed by atoms with Crippen molar-refractivity contribution in [1.82, 2.24) is 9.55 Å². The molecule has 0 radical (unpaired) electrons. The first-order valence-electron chi connectivity index (χ1n) is 16.2. The summed E-state index contributed by atoms with van der Waals surface area (Å²) in [6.45, 7) is 0. The van der Waals surface area contributed by atoms with Crippen LogP contribution in [0.3, 0.4) is 0 Å². The fourth-order valence-electron chi connectivity index (χ4n) is 6.88. The molecule has 0 aliphatic carbocycles. The van der Waals surface area contributed by atoms with Crippen LogP contribution in [0.15, 0.2) is 182 Å². The number of nitrogens with zero attached hydrogens (tertiary/aromatic N) is 2. The molecule has 3 heteroatoms. The van der Waals surface area contributed by atoms with Gasteiger partial charge in [0.1, 0.15) is 0 Å². The van der Waals surface area contributed by atoms with Crippen LogP contribution in [0.2, 0.25) is 0 Å². The fraction of sp³-hybridized carbons (Fsp3) is 0. The van der Waals surface area contributed by atoms with Crippen LogP contribution in [0, 0.1) is 0 Å². The van der Waals surface area contributed by atoms with Crippen molar-refractivity contribution in [2.75, 3.05) is 0 Å². The summed E-state index contributed by atoms with van der Waals surface area (Å²) in [5.74, 6) is 0. The molecule has 0 N–H and O–H groups in total. The van der Waals surface area contributed by atoms with Gasteiger partial charge in [-0.15, -0.1) is 11.3 Å². The van der Waals surface area contributed by atoms with Crippen LogP contribution in [-0.2, 0) is 0 Å². The van der Waals surface area contributed by atoms with Crippen molar-refractivity contribution in [2.45, 2.75) is 0 Å². The number of hydrogen-bond donors (Lipinski definition) is 0. The standard InChI is InChI=1S/C45H30N2S/c1-5-17-31(18-6-1)34-29-38(32-19-7-2-8-20-32)46-39(30-34)43-37-26-14-16-28-41(37)48-45(43)44-42(33-21-9-3-10-22-33)36-25-13-15-27-40(36)47(44)35-23-11-4-12-24-35/h1-30H. The summed E-state index contributed by atoms with van der Waals surface area (Å²) in [7, 11) is 0. The molecule has 0 saturated carbocycles. The highest BCUT2D eigenvalue weighted by Gasteiger charge is 2.27. The smallest absolute Gasteiger partial charge is 0.0737 e. The van der Waals surface area contributed by atoms with E-state index in [0.717, 1.165) is 33.8 Å². The number of fused-ring (bicyclic) bond motifs is 2. The fourth-order valence-corrected chi connectivity index (χ4v) is 8.13. The quantitative estimate of drug-likeness (QED) is 0.179. The molecule has 0 spiro atoms. The van der Waals surface area contributed by atoms with Gasteiger partial charge in [0.25, 0.3) is 0 Å². The highest BCUT2D eigenvalue weighted by atomic mass is 32.1. The molecular weight excluding hydrogens is 601 g/mol. The average Bonchev–Trinajstić information content (AvgIpc) is 3.72. The van der Waals surface area contributed by atoms with Gasteiger partial charge in [-0.2, -0.15) is 0 Å². The Morgan fingerprint density at radius 3 is 1.67 bits per heavy atom. The van der Waals surface area contributed by atoms with Crippen LogP contribution in [0.1, 0.15) is 0 Å². The van der Waals surface area contributed by atoms with E-state index in [9.17, 15) is 0 Å². The Balaban J connectivity index is 1.43. The minimum Gasteiger partial charge on any atom is -0.308 e. The lowest BCUT2D eigenvalue weighted by Gasteiger charge is -2.15. The van der Waals surface area contributed by atoms with E-state index in [1.807, 2.05) is 11.3 Å². The minimum absolute atomic E-state index is 0.958. The summed E-state index contributed by atoms with van der Waals surface area (Å²) in [5.41, 5.74) is 12.4. The molecule has 2 nitrogen and oxygen atoms in total. The van der Waals surface area contributed by atoms with Gasteiger partial charge in [0.05, 0.1) is 27.5 Å². The minimum atomic E-state index is 0.958. The lowest BCUT2D eigenvalue weighted by atomic mass is 9.96. The lowest BCUT2D eigenvalue weighted by Crippen LogP contribution is -1.98. The molecule has 0 amide bonds. The molecule has 0 atom stereocenters. The molecule has 0 bridgehead atoms. The van der Waals surface area contributed by atoms with Gasteiger partial charge < -0.3 is 4.57 Å². The Kier molecular flexibility index (Phi) is 7.03. The van der Waals surface area contributed by atoms with Gasteiger partial charge in [0, 0.05) is 37.9 Å². The third-order valence-corrected chi connectivity index (χ3v) is 10.2. The third kappa shape index (κ3) is 4.84. The maximum absolute atomic E-state index is 5.46. The van der Waals surface area contributed by atoms with Gasteiger partial charge in [0.15, 0.2) is 0 Å². The maximum atomic E-state index is 5.46. The van der Waals surface area contributed by atoms with Gasteiger partial charge in [0.2, 0.25) is 0 Å². The van der Waals surface area contributed by atoms with Crippen molar-refractivity contribution in [3.8, 4) is 61.0 Å². The van der Waals surface area contributed by atoms with E-state index in [0.29, 0.717) is 0 Å². The zero-order valence-corrected chi connectivity index (χ0v) is 26.9. The monoisotopic (exact) mass is 630 g/mol. The van der Waals surface area contributed by atoms with E-state index in [4.69, 9.17) is 4.98 Å². The van der Waals surface area contributed by atoms with E-state index in [2.05, 4.69) is 187 Å². The van der Waals surface area contributed by atoms with E-state index >= 15 is 0 Å². The molecule has 0 fully saturated rings. The first-order valence-corrected chi connectivity index (χ1v) is 17.0. The number of para-hydroxylation sites is 2. The molecule has 0 saturated heterocycles. The number of hydrogen-bond acceptors (Lipinski definition) is 2. The number of benzene rings is 6. The predicted octanol–water partition coefficient (Wildman–Crippen LogP) is 12.6. The second kappa shape index (κ2) is 12.0. The van der Waals surface area contributed by atoms with E-state index in [-0.39, 0.29) is 0 Å². The van der Waals surface area contributed by atoms with Crippen molar-refractivity contribution in [2.24, 2.45) is 0 Å². The van der Waals surface area contributed by atoms with Gasteiger partial charge in [-0.3, -0.25) is 0 Å². The number of thiophene rings is 1.